The van der Waals surface area contributed by atoms with Crippen molar-refractivity contribution in [2.75, 3.05) is 17.7 Å². The summed E-state index contributed by atoms with van der Waals surface area (Å²) in [4.78, 5) is 3.44. The van der Waals surface area contributed by atoms with Gasteiger partial charge in [-0.1, -0.05) is 62.4 Å². The van der Waals surface area contributed by atoms with E-state index in [1.165, 1.54) is 27.3 Å². The molecule has 0 amide bonds. The summed E-state index contributed by atoms with van der Waals surface area (Å²) in [5.74, 6) is 0. The van der Waals surface area contributed by atoms with Crippen molar-refractivity contribution in [1.82, 2.24) is 4.98 Å². The van der Waals surface area contributed by atoms with Crippen LogP contribution in [0.3, 0.4) is 0 Å². The molecule has 3 N–H and O–H groups in total. The molecule has 0 fully saturated rings. The van der Waals surface area contributed by atoms with E-state index in [1.54, 1.807) is 0 Å². The average molecular weight is 398 g/mol. The summed E-state index contributed by atoms with van der Waals surface area (Å²) >= 11 is 0. The minimum atomic E-state index is -0.0111. The number of hydrogen-bond donors (Lipinski definition) is 3. The van der Waals surface area contributed by atoms with E-state index in [-0.39, 0.29) is 6.04 Å². The highest BCUT2D eigenvalue weighted by Crippen LogP contribution is 2.32. The Hall–Kier alpha value is -3.20. The Kier molecular flexibility index (Phi) is 6.08. The molecule has 0 saturated carbocycles. The van der Waals surface area contributed by atoms with Gasteiger partial charge in [-0.15, -0.1) is 0 Å². The molecule has 3 nitrogen and oxygen atoms in total. The number of aryl methyl sites for hydroxylation is 1. The second-order valence-corrected chi connectivity index (χ2v) is 7.95. The van der Waals surface area contributed by atoms with Crippen LogP contribution >= 0.6 is 0 Å². The van der Waals surface area contributed by atoms with E-state index in [0.29, 0.717) is 0 Å². The predicted octanol–water partition coefficient (Wildman–Crippen LogP) is 5.23. The molecule has 4 rings (SSSR count). The smallest absolute Gasteiger partial charge is 0.0768 e. The number of rotatable bonds is 8. The molecule has 154 valence electrons. The third-order valence-corrected chi connectivity index (χ3v) is 5.77. The monoisotopic (exact) mass is 397 g/mol. The Morgan fingerprint density at radius 3 is 2.60 bits per heavy atom. The lowest BCUT2D eigenvalue weighted by Gasteiger charge is -2.24. The Balaban J connectivity index is 1.74. The minimum Gasteiger partial charge on any atom is -0.388 e. The van der Waals surface area contributed by atoms with Gasteiger partial charge in [0.05, 0.1) is 6.04 Å². The first kappa shape index (κ1) is 20.1. The van der Waals surface area contributed by atoms with Gasteiger partial charge >= 0.3 is 0 Å². The maximum absolute atomic E-state index is 4.55. The molecule has 3 aromatic rings. The zero-order valence-corrected chi connectivity index (χ0v) is 18.0. The fourth-order valence-electron chi connectivity index (χ4n) is 4.25. The summed E-state index contributed by atoms with van der Waals surface area (Å²) in [6, 6.07) is 17.3. The molecule has 1 atom stereocenters. The van der Waals surface area contributed by atoms with Gasteiger partial charge in [-0.3, -0.25) is 0 Å². The van der Waals surface area contributed by atoms with Crippen molar-refractivity contribution in [3.05, 3.63) is 88.6 Å². The summed E-state index contributed by atoms with van der Waals surface area (Å²) in [7, 11) is 1.97. The van der Waals surface area contributed by atoms with Gasteiger partial charge in [-0.2, -0.15) is 0 Å². The lowest BCUT2D eigenvalue weighted by Crippen LogP contribution is -2.28. The summed E-state index contributed by atoms with van der Waals surface area (Å²) in [6.45, 7) is 6.77. The van der Waals surface area contributed by atoms with Crippen LogP contribution in [0.4, 0.5) is 11.4 Å². The van der Waals surface area contributed by atoms with Crippen molar-refractivity contribution in [3.63, 3.8) is 0 Å². The maximum atomic E-state index is 4.55. The van der Waals surface area contributed by atoms with Gasteiger partial charge in [0.25, 0.3) is 0 Å². The van der Waals surface area contributed by atoms with Crippen LogP contribution in [0.2, 0.25) is 0 Å². The average Bonchev–Trinajstić information content (AvgIpc) is 3.22. The molecule has 1 unspecified atom stereocenters. The molecule has 1 heterocycles. The molecular formula is C27H31N3. The number of aromatic nitrogens is 1. The van der Waals surface area contributed by atoms with Crippen LogP contribution in [0.5, 0.6) is 0 Å². The molecule has 0 bridgehead atoms. The zero-order valence-electron chi connectivity index (χ0n) is 18.0. The highest BCUT2D eigenvalue weighted by Gasteiger charge is 2.19. The predicted molar refractivity (Wildman–Crippen MR) is 130 cm³/mol. The summed E-state index contributed by atoms with van der Waals surface area (Å²) in [5.41, 5.74) is 7.07. The highest BCUT2D eigenvalue weighted by molar-refractivity contribution is 5.74. The van der Waals surface area contributed by atoms with E-state index in [1.807, 2.05) is 7.05 Å². The number of fused-ring (bicyclic) bond motifs is 1. The lowest BCUT2D eigenvalue weighted by molar-refractivity contribution is 0.920. The molecular weight excluding hydrogens is 366 g/mol. The van der Waals surface area contributed by atoms with E-state index in [2.05, 4.69) is 96.0 Å². The minimum absolute atomic E-state index is 0.0111. The number of H-pyrrole nitrogens is 1. The molecule has 0 saturated heterocycles. The van der Waals surface area contributed by atoms with Crippen LogP contribution in [-0.4, -0.2) is 12.0 Å². The second-order valence-electron chi connectivity index (χ2n) is 7.95. The maximum Gasteiger partial charge on any atom is 0.0768 e. The van der Waals surface area contributed by atoms with Crippen molar-refractivity contribution < 1.29 is 0 Å². The van der Waals surface area contributed by atoms with Crippen molar-refractivity contribution in [3.8, 4) is 0 Å². The normalized spacial score (nSPS) is 13.5. The number of anilines is 2. The van der Waals surface area contributed by atoms with Crippen molar-refractivity contribution in [1.29, 1.82) is 0 Å². The van der Waals surface area contributed by atoms with Gasteiger partial charge in [-0.05, 0) is 54.2 Å². The molecule has 1 aliphatic rings. The van der Waals surface area contributed by atoms with Gasteiger partial charge in [0.15, 0.2) is 0 Å². The molecule has 1 aliphatic carbocycles. The molecule has 2 aromatic carbocycles. The first-order chi connectivity index (χ1) is 14.7. The van der Waals surface area contributed by atoms with Gasteiger partial charge in [-0.25, -0.2) is 0 Å². The van der Waals surface area contributed by atoms with E-state index in [9.17, 15) is 0 Å². The third-order valence-electron chi connectivity index (χ3n) is 5.77. The quantitative estimate of drug-likeness (QED) is 0.487. The zero-order chi connectivity index (χ0) is 20.9. The standard InChI is InChI=1S/C27H31N3/c1-4-10-20-15-22(28-3)17-23(16-20)30-27(21-11-6-5-7-12-21)19(2)25-18-29-26-14-9-8-13-24(25)26/h5-7,11-18,27-30H,2,4,8-10H2,1,3H3. The number of hydrogen-bond acceptors (Lipinski definition) is 2. The van der Waals surface area contributed by atoms with Crippen LogP contribution < -0.4 is 21.2 Å². The summed E-state index contributed by atoms with van der Waals surface area (Å²) < 4.78 is 0. The van der Waals surface area contributed by atoms with Crippen molar-refractivity contribution in [2.24, 2.45) is 0 Å². The SMILES string of the molecule is C=C(c1c[nH]c2c1=CCCC=2)C(Nc1cc(CCC)cc(NC)c1)c1ccccc1. The lowest BCUT2D eigenvalue weighted by atomic mass is 9.93. The van der Waals surface area contributed by atoms with Crippen LogP contribution in [-0.2, 0) is 6.42 Å². The first-order valence-corrected chi connectivity index (χ1v) is 10.9. The fraction of sp³-hybridized carbons (Fsp3) is 0.259. The van der Waals surface area contributed by atoms with Gasteiger partial charge in [0, 0.05) is 40.8 Å². The van der Waals surface area contributed by atoms with Gasteiger partial charge < -0.3 is 15.6 Å². The van der Waals surface area contributed by atoms with Crippen LogP contribution in [0, 0.1) is 0 Å². The Morgan fingerprint density at radius 2 is 1.83 bits per heavy atom. The molecule has 0 aliphatic heterocycles. The van der Waals surface area contributed by atoms with Gasteiger partial charge in [0.1, 0.15) is 0 Å². The summed E-state index contributed by atoms with van der Waals surface area (Å²) in [6.07, 6.45) is 11.1. The van der Waals surface area contributed by atoms with Crippen LogP contribution in [0.1, 0.15) is 48.9 Å². The Bertz CT molecular complexity index is 1140. The van der Waals surface area contributed by atoms with Crippen LogP contribution in [0.25, 0.3) is 17.7 Å². The fourth-order valence-corrected chi connectivity index (χ4v) is 4.25. The van der Waals surface area contributed by atoms with E-state index >= 15 is 0 Å². The molecule has 30 heavy (non-hydrogen) atoms. The highest BCUT2D eigenvalue weighted by atomic mass is 14.9. The van der Waals surface area contributed by atoms with E-state index in [0.717, 1.165) is 42.6 Å². The Labute approximate surface area is 179 Å². The van der Waals surface area contributed by atoms with Crippen molar-refractivity contribution in [2.45, 2.75) is 38.6 Å². The van der Waals surface area contributed by atoms with Gasteiger partial charge in [0.2, 0.25) is 0 Å². The Morgan fingerprint density at radius 1 is 1.07 bits per heavy atom. The molecule has 3 heteroatoms. The van der Waals surface area contributed by atoms with Crippen LogP contribution in [0.15, 0.2) is 61.3 Å². The van der Waals surface area contributed by atoms with Crippen molar-refractivity contribution >= 4 is 29.1 Å². The molecule has 0 radical (unpaired) electrons. The summed E-state index contributed by atoms with van der Waals surface area (Å²) in [5, 5.41) is 9.58. The number of aromatic amines is 1. The second kappa shape index (κ2) is 9.08. The number of benzene rings is 2. The largest absolute Gasteiger partial charge is 0.388 e. The molecule has 0 spiro atoms. The topological polar surface area (TPSA) is 39.9 Å². The first-order valence-electron chi connectivity index (χ1n) is 10.9. The van der Waals surface area contributed by atoms with E-state index < -0.39 is 0 Å². The third kappa shape index (κ3) is 4.20. The number of nitrogens with one attached hydrogen (secondary N) is 3. The molecule has 1 aromatic heterocycles. The van der Waals surface area contributed by atoms with E-state index in [4.69, 9.17) is 0 Å².